The number of alkyl halides is 3. The van der Waals surface area contributed by atoms with Crippen LogP contribution in [0.15, 0.2) is 42.5 Å². The van der Waals surface area contributed by atoms with Gasteiger partial charge < -0.3 is 14.8 Å². The molecule has 0 aromatic heterocycles. The smallest absolute Gasteiger partial charge is 0.407 e. The van der Waals surface area contributed by atoms with E-state index in [1.165, 1.54) is 0 Å². The van der Waals surface area contributed by atoms with Crippen LogP contribution in [-0.2, 0) is 19.7 Å². The second kappa shape index (κ2) is 8.98. The van der Waals surface area contributed by atoms with Crippen molar-refractivity contribution < 1.29 is 19.1 Å². The molecule has 0 heterocycles. The van der Waals surface area contributed by atoms with Crippen LogP contribution in [0.25, 0.3) is 0 Å². The molecule has 5 nitrogen and oxygen atoms in total. The molecule has 0 unspecified atom stereocenters. The van der Waals surface area contributed by atoms with Gasteiger partial charge in [0.25, 0.3) is 0 Å². The fraction of sp³-hybridized carbons (Fsp3) is 0.444. The molecule has 0 saturated heterocycles. The Kier molecular flexibility index (Phi) is 7.21. The van der Waals surface area contributed by atoms with Crippen molar-refractivity contribution in [1.29, 1.82) is 0 Å². The van der Waals surface area contributed by atoms with E-state index in [0.29, 0.717) is 12.8 Å². The zero-order chi connectivity index (χ0) is 19.2. The van der Waals surface area contributed by atoms with Crippen LogP contribution in [-0.4, -0.2) is 35.1 Å². The normalized spacial score (nSPS) is 22.5. The number of esters is 1. The SMILES string of the molecule is CCOC(=O)[C@@]1(c2ccccc2)CCC=C[C@H]1NC(=O)OCC(Cl)(Cl)Cl. The van der Waals surface area contributed by atoms with Crippen LogP contribution < -0.4 is 5.32 Å². The third-order valence-electron chi connectivity index (χ3n) is 4.13. The van der Waals surface area contributed by atoms with Gasteiger partial charge in [0.2, 0.25) is 3.79 Å². The number of benzene rings is 1. The van der Waals surface area contributed by atoms with Crippen molar-refractivity contribution in [3.63, 3.8) is 0 Å². The number of alkyl carbamates (subject to hydrolysis) is 1. The van der Waals surface area contributed by atoms with Crippen molar-refractivity contribution >= 4 is 46.9 Å². The summed E-state index contributed by atoms with van der Waals surface area (Å²) in [5.41, 5.74) is -0.292. The number of amides is 1. The van der Waals surface area contributed by atoms with Crippen molar-refractivity contribution in [2.24, 2.45) is 0 Å². The Balaban J connectivity index is 2.31. The van der Waals surface area contributed by atoms with E-state index >= 15 is 0 Å². The third-order valence-corrected chi connectivity index (χ3v) is 4.46. The summed E-state index contributed by atoms with van der Waals surface area (Å²) < 4.78 is 8.57. The molecule has 1 aliphatic carbocycles. The average Bonchev–Trinajstić information content (AvgIpc) is 2.61. The highest BCUT2D eigenvalue weighted by atomic mass is 35.6. The Labute approximate surface area is 167 Å². The van der Waals surface area contributed by atoms with Crippen LogP contribution in [0.5, 0.6) is 0 Å². The third kappa shape index (κ3) is 5.06. The van der Waals surface area contributed by atoms with E-state index in [1.807, 2.05) is 36.4 Å². The number of carbonyl (C=O) groups excluding carboxylic acids is 2. The molecule has 1 aromatic rings. The summed E-state index contributed by atoms with van der Waals surface area (Å²) in [6.07, 6.45) is 4.05. The fourth-order valence-electron chi connectivity index (χ4n) is 3.02. The van der Waals surface area contributed by atoms with E-state index in [0.717, 1.165) is 5.56 Å². The number of allylic oxidation sites excluding steroid dienone is 1. The molecular formula is C18H20Cl3NO4. The van der Waals surface area contributed by atoms with Gasteiger partial charge >= 0.3 is 12.1 Å². The summed E-state index contributed by atoms with van der Waals surface area (Å²) in [4.78, 5) is 25.1. The lowest BCUT2D eigenvalue weighted by Crippen LogP contribution is -2.56. The van der Waals surface area contributed by atoms with Gasteiger partial charge in [-0.3, -0.25) is 4.79 Å². The number of hydrogen-bond donors (Lipinski definition) is 1. The highest BCUT2D eigenvalue weighted by Crippen LogP contribution is 2.38. The Morgan fingerprint density at radius 3 is 2.54 bits per heavy atom. The van der Waals surface area contributed by atoms with Gasteiger partial charge in [-0.05, 0) is 25.3 Å². The molecular weight excluding hydrogens is 401 g/mol. The van der Waals surface area contributed by atoms with Gasteiger partial charge in [0, 0.05) is 0 Å². The molecule has 0 bridgehead atoms. The number of nitrogens with one attached hydrogen (secondary N) is 1. The van der Waals surface area contributed by atoms with Crippen molar-refractivity contribution in [1.82, 2.24) is 5.32 Å². The maximum Gasteiger partial charge on any atom is 0.407 e. The maximum absolute atomic E-state index is 12.9. The Hall–Kier alpha value is -1.43. The van der Waals surface area contributed by atoms with E-state index in [4.69, 9.17) is 44.3 Å². The monoisotopic (exact) mass is 419 g/mol. The number of halogens is 3. The van der Waals surface area contributed by atoms with Gasteiger partial charge in [-0.15, -0.1) is 0 Å². The molecule has 0 saturated carbocycles. The topological polar surface area (TPSA) is 64.6 Å². The number of rotatable bonds is 5. The van der Waals surface area contributed by atoms with Crippen LogP contribution in [0.1, 0.15) is 25.3 Å². The van der Waals surface area contributed by atoms with E-state index < -0.39 is 33.9 Å². The zero-order valence-corrected chi connectivity index (χ0v) is 16.5. The van der Waals surface area contributed by atoms with Crippen LogP contribution in [0.2, 0.25) is 0 Å². The first kappa shape index (κ1) is 20.9. The molecule has 0 radical (unpaired) electrons. The minimum absolute atomic E-state index is 0.238. The minimum atomic E-state index is -1.71. The predicted octanol–water partition coefficient (Wildman–Crippen LogP) is 4.30. The van der Waals surface area contributed by atoms with Crippen molar-refractivity contribution in [3.05, 3.63) is 48.0 Å². The lowest BCUT2D eigenvalue weighted by atomic mass is 9.68. The molecule has 0 fully saturated rings. The highest BCUT2D eigenvalue weighted by molar-refractivity contribution is 6.67. The molecule has 0 aliphatic heterocycles. The van der Waals surface area contributed by atoms with Gasteiger partial charge in [0.15, 0.2) is 0 Å². The molecule has 142 valence electrons. The Morgan fingerprint density at radius 1 is 1.23 bits per heavy atom. The first-order valence-electron chi connectivity index (χ1n) is 8.19. The Morgan fingerprint density at radius 2 is 1.92 bits per heavy atom. The summed E-state index contributed by atoms with van der Waals surface area (Å²) in [5.74, 6) is -0.401. The van der Waals surface area contributed by atoms with Crippen molar-refractivity contribution in [2.45, 2.75) is 35.0 Å². The molecule has 1 aromatic carbocycles. The minimum Gasteiger partial charge on any atom is -0.465 e. The second-order valence-electron chi connectivity index (χ2n) is 5.84. The molecule has 1 aliphatic rings. The van der Waals surface area contributed by atoms with Gasteiger partial charge in [-0.2, -0.15) is 0 Å². The van der Waals surface area contributed by atoms with Crippen molar-refractivity contribution in [2.75, 3.05) is 13.2 Å². The first-order valence-corrected chi connectivity index (χ1v) is 9.32. The maximum atomic E-state index is 12.9. The average molecular weight is 421 g/mol. The number of carbonyl (C=O) groups is 2. The number of ether oxygens (including phenoxy) is 2. The van der Waals surface area contributed by atoms with Gasteiger partial charge in [-0.1, -0.05) is 77.3 Å². The summed E-state index contributed by atoms with van der Waals surface area (Å²) >= 11 is 16.8. The zero-order valence-electron chi connectivity index (χ0n) is 14.2. The second-order valence-corrected chi connectivity index (χ2v) is 8.35. The summed E-state index contributed by atoms with van der Waals surface area (Å²) in [5, 5.41) is 2.70. The molecule has 8 heteroatoms. The number of hydrogen-bond acceptors (Lipinski definition) is 4. The molecule has 1 amide bonds. The quantitative estimate of drug-likeness (QED) is 0.438. The van der Waals surface area contributed by atoms with Crippen LogP contribution in [0, 0.1) is 0 Å². The lowest BCUT2D eigenvalue weighted by molar-refractivity contribution is -0.151. The van der Waals surface area contributed by atoms with E-state index in [2.05, 4.69) is 5.32 Å². The van der Waals surface area contributed by atoms with E-state index in [9.17, 15) is 9.59 Å². The van der Waals surface area contributed by atoms with Gasteiger partial charge in [0.05, 0.1) is 12.6 Å². The van der Waals surface area contributed by atoms with Gasteiger partial charge in [-0.25, -0.2) is 4.79 Å². The van der Waals surface area contributed by atoms with E-state index in [1.54, 1.807) is 13.0 Å². The van der Waals surface area contributed by atoms with Crippen LogP contribution in [0.3, 0.4) is 0 Å². The molecule has 2 atom stereocenters. The van der Waals surface area contributed by atoms with Crippen molar-refractivity contribution in [3.8, 4) is 0 Å². The fourth-order valence-corrected chi connectivity index (χ4v) is 3.18. The molecule has 0 spiro atoms. The lowest BCUT2D eigenvalue weighted by Gasteiger charge is -2.39. The predicted molar refractivity (Wildman–Crippen MR) is 102 cm³/mol. The molecule has 26 heavy (non-hydrogen) atoms. The molecule has 2 rings (SSSR count). The van der Waals surface area contributed by atoms with Gasteiger partial charge in [0.1, 0.15) is 12.0 Å². The molecule has 1 N–H and O–H groups in total. The summed E-state index contributed by atoms with van der Waals surface area (Å²) in [6.45, 7) is 1.58. The summed E-state index contributed by atoms with van der Waals surface area (Å²) in [6, 6.07) is 8.58. The van der Waals surface area contributed by atoms with E-state index in [-0.39, 0.29) is 6.61 Å². The van der Waals surface area contributed by atoms with Crippen LogP contribution in [0.4, 0.5) is 4.79 Å². The first-order chi connectivity index (χ1) is 12.3. The standard InChI is InChI=1S/C18H20Cl3NO4/c1-2-25-15(23)17(13-8-4-3-5-9-13)11-7-6-10-14(17)22-16(24)26-12-18(19,20)21/h3-6,8-10,14H,2,7,11-12H2,1H3,(H,22,24)/t14-,17-/m1/s1. The van der Waals surface area contributed by atoms with Crippen LogP contribution >= 0.6 is 34.8 Å². The largest absolute Gasteiger partial charge is 0.465 e. The summed E-state index contributed by atoms with van der Waals surface area (Å²) in [7, 11) is 0. The highest BCUT2D eigenvalue weighted by Gasteiger charge is 2.49. The Bertz CT molecular complexity index is 660.